The molecule has 1 atom stereocenters. The Kier molecular flexibility index (Phi) is 8.67. The van der Waals surface area contributed by atoms with Gasteiger partial charge in [0.15, 0.2) is 5.78 Å². The number of hydrogen-bond donors (Lipinski definition) is 2. The summed E-state index contributed by atoms with van der Waals surface area (Å²) in [6, 6.07) is 1.17. The first-order chi connectivity index (χ1) is 14.3. The summed E-state index contributed by atoms with van der Waals surface area (Å²) in [7, 11) is -3.71. The van der Waals surface area contributed by atoms with Crippen molar-refractivity contribution in [3.05, 3.63) is 47.3 Å². The molecule has 0 saturated heterocycles. The molecule has 2 aromatic carbocycles. The molecular formula is C18H12Br3NaO9S. The summed E-state index contributed by atoms with van der Waals surface area (Å²) in [5.74, 6) is -2.40. The Morgan fingerprint density at radius 2 is 1.53 bits per heavy atom. The van der Waals surface area contributed by atoms with Crippen LogP contribution < -0.4 is 34.3 Å². The summed E-state index contributed by atoms with van der Waals surface area (Å²) in [5, 5.41) is 20.9. The van der Waals surface area contributed by atoms with Gasteiger partial charge in [-0.2, -0.15) is 0 Å². The van der Waals surface area contributed by atoms with Crippen molar-refractivity contribution in [3.8, 4) is 17.2 Å². The minimum Gasteiger partial charge on any atom is -0.726 e. The van der Waals surface area contributed by atoms with Crippen LogP contribution in [-0.2, 0) is 21.0 Å². The van der Waals surface area contributed by atoms with Crippen LogP contribution in [0.3, 0.4) is 0 Å². The first-order valence-corrected chi connectivity index (χ1v) is 12.1. The molecule has 1 aliphatic rings. The van der Waals surface area contributed by atoms with Crippen LogP contribution in [0.25, 0.3) is 0 Å². The van der Waals surface area contributed by atoms with E-state index in [0.29, 0.717) is 0 Å². The number of ketones is 2. The molecule has 2 N–H and O–H groups in total. The predicted octanol–water partition coefficient (Wildman–Crippen LogP) is 0.581. The van der Waals surface area contributed by atoms with Crippen LogP contribution in [0.15, 0.2) is 19.5 Å². The van der Waals surface area contributed by atoms with Gasteiger partial charge in [0.25, 0.3) is 0 Å². The number of carbonyl (C=O) groups excluding carboxylic acids is 2. The van der Waals surface area contributed by atoms with Crippen LogP contribution in [0, 0.1) is 0 Å². The van der Waals surface area contributed by atoms with Crippen molar-refractivity contribution in [2.45, 2.75) is 19.4 Å². The Morgan fingerprint density at radius 3 is 2.06 bits per heavy atom. The zero-order valence-corrected chi connectivity index (χ0v) is 24.2. The van der Waals surface area contributed by atoms with E-state index >= 15 is 0 Å². The second kappa shape index (κ2) is 10.0. The molecule has 0 radical (unpaired) electrons. The number of rotatable bonds is 5. The molecule has 14 heteroatoms. The second-order valence-corrected chi connectivity index (χ2v) is 9.94. The predicted molar refractivity (Wildman–Crippen MR) is 117 cm³/mol. The summed E-state index contributed by atoms with van der Waals surface area (Å²) < 4.78 is 42.1. The van der Waals surface area contributed by atoms with Crippen LogP contribution in [0.4, 0.5) is 0 Å². The molecule has 0 aliphatic heterocycles. The van der Waals surface area contributed by atoms with Gasteiger partial charge in [-0.25, -0.2) is 8.42 Å². The van der Waals surface area contributed by atoms with Crippen LogP contribution in [-0.4, -0.2) is 48.0 Å². The first kappa shape index (κ1) is 27.7. The van der Waals surface area contributed by atoms with Gasteiger partial charge in [-0.3, -0.25) is 13.8 Å². The second-order valence-electron chi connectivity index (χ2n) is 6.56. The number of phenolic OH excluding ortho intramolecular Hbond substituents is 2. The summed E-state index contributed by atoms with van der Waals surface area (Å²) in [6.45, 7) is 1.32. The molecule has 9 nitrogen and oxygen atoms in total. The van der Waals surface area contributed by atoms with Gasteiger partial charge < -0.3 is 19.5 Å². The fourth-order valence-corrected chi connectivity index (χ4v) is 5.89. The minimum absolute atomic E-state index is 0. The van der Waals surface area contributed by atoms with Crippen LogP contribution >= 0.6 is 47.8 Å². The number of benzene rings is 2. The number of halogens is 3. The van der Waals surface area contributed by atoms with E-state index in [2.05, 4.69) is 52.0 Å². The maximum atomic E-state index is 13.4. The minimum atomic E-state index is -4.97. The molecule has 0 spiro atoms. The molecule has 1 aliphatic carbocycles. The number of hydrogen-bond acceptors (Lipinski definition) is 9. The van der Waals surface area contributed by atoms with E-state index in [4.69, 9.17) is 4.74 Å². The van der Waals surface area contributed by atoms with E-state index in [1.165, 1.54) is 20.1 Å². The zero-order valence-electron chi connectivity index (χ0n) is 16.7. The van der Waals surface area contributed by atoms with Crippen molar-refractivity contribution in [2.24, 2.45) is 0 Å². The molecule has 2 aromatic rings. The summed E-state index contributed by atoms with van der Waals surface area (Å²) in [4.78, 5) is 26.6. The van der Waals surface area contributed by atoms with Gasteiger partial charge in [-0.05, 0) is 66.3 Å². The Hall–Kier alpha value is -0.510. The third-order valence-corrected chi connectivity index (χ3v) is 7.51. The van der Waals surface area contributed by atoms with Gasteiger partial charge in [-0.1, -0.05) is 0 Å². The third kappa shape index (κ3) is 4.82. The topological polar surface area (TPSA) is 150 Å². The van der Waals surface area contributed by atoms with Gasteiger partial charge in [0.1, 0.15) is 21.7 Å². The number of ether oxygens (including phenoxy) is 1. The Morgan fingerprint density at radius 1 is 1.00 bits per heavy atom. The maximum Gasteiger partial charge on any atom is 1.00 e. The Labute approximate surface area is 230 Å². The van der Waals surface area contributed by atoms with Crippen molar-refractivity contribution in [2.75, 3.05) is 7.11 Å². The van der Waals surface area contributed by atoms with E-state index in [1.807, 2.05) is 0 Å². The monoisotopic (exact) mass is 664 g/mol. The van der Waals surface area contributed by atoms with Crippen LogP contribution in [0.5, 0.6) is 17.2 Å². The third-order valence-electron chi connectivity index (χ3n) is 4.53. The van der Waals surface area contributed by atoms with Gasteiger partial charge in [0.05, 0.1) is 39.9 Å². The van der Waals surface area contributed by atoms with Gasteiger partial charge >= 0.3 is 29.6 Å². The average molecular weight is 667 g/mol. The zero-order chi connectivity index (χ0) is 23.4. The molecule has 0 aromatic heterocycles. The molecule has 0 heterocycles. The van der Waals surface area contributed by atoms with Crippen molar-refractivity contribution < 1.29 is 71.2 Å². The smallest absolute Gasteiger partial charge is 0.726 e. The van der Waals surface area contributed by atoms with E-state index in [1.54, 1.807) is 0 Å². The van der Waals surface area contributed by atoms with E-state index in [0.717, 1.165) is 0 Å². The molecule has 32 heavy (non-hydrogen) atoms. The fraction of sp³-hybridized carbons (Fsp3) is 0.222. The molecule has 3 rings (SSSR count). The Bertz CT molecular complexity index is 1260. The van der Waals surface area contributed by atoms with Gasteiger partial charge in [-0.15, -0.1) is 0 Å². The number of phenols is 2. The summed E-state index contributed by atoms with van der Waals surface area (Å²) in [5.41, 5.74) is -0.573. The molecular weight excluding hydrogens is 655 g/mol. The van der Waals surface area contributed by atoms with Crippen LogP contribution in [0.1, 0.15) is 44.3 Å². The molecule has 0 saturated carbocycles. The molecule has 166 valence electrons. The largest absolute Gasteiger partial charge is 1.00 e. The number of methoxy groups -OCH3 is 1. The van der Waals surface area contributed by atoms with E-state index in [9.17, 15) is 32.8 Å². The standard InChI is InChI=1S/C18H13Br3O9S.Na/c1-5(30-31(26,27)28)3-6-4-7(22)8-9(12(6)19)16(24)10-11(15(8)23)18(29-2)14(21)17(25)13(10)20;/h4-5,22,25H,3H2,1-2H3,(H,26,27,28);/q;+1/p-1. The van der Waals surface area contributed by atoms with Crippen molar-refractivity contribution in [1.29, 1.82) is 0 Å². The van der Waals surface area contributed by atoms with Gasteiger partial charge in [0, 0.05) is 10.9 Å². The summed E-state index contributed by atoms with van der Waals surface area (Å²) in [6.07, 6.45) is -1.28. The first-order valence-electron chi connectivity index (χ1n) is 8.35. The number of aromatic hydroxyl groups is 2. The normalized spacial score (nSPS) is 13.8. The molecule has 0 bridgehead atoms. The van der Waals surface area contributed by atoms with E-state index in [-0.39, 0.29) is 88.7 Å². The quantitative estimate of drug-likeness (QED) is 0.227. The number of fused-ring (bicyclic) bond motifs is 2. The summed E-state index contributed by atoms with van der Waals surface area (Å²) >= 11 is 9.49. The Balaban J connectivity index is 0.00000363. The fourth-order valence-electron chi connectivity index (χ4n) is 3.36. The average Bonchev–Trinajstić information content (AvgIpc) is 2.65. The SMILES string of the molecule is COc1c(Br)c(O)c(Br)c2c1C(=O)c1c(O)cc(CC(C)OS(=O)(=O)[O-])c(Br)c1C2=O.[Na+]. The van der Waals surface area contributed by atoms with Crippen molar-refractivity contribution in [3.63, 3.8) is 0 Å². The van der Waals surface area contributed by atoms with Crippen LogP contribution in [0.2, 0.25) is 0 Å². The maximum absolute atomic E-state index is 13.4. The van der Waals surface area contributed by atoms with Gasteiger partial charge in [0.2, 0.25) is 16.2 Å². The molecule has 1 unspecified atom stereocenters. The van der Waals surface area contributed by atoms with Crippen molar-refractivity contribution >= 4 is 69.8 Å². The number of carbonyl (C=O) groups is 2. The molecule has 0 amide bonds. The van der Waals surface area contributed by atoms with Crippen molar-refractivity contribution in [1.82, 2.24) is 0 Å². The van der Waals surface area contributed by atoms with E-state index < -0.39 is 33.8 Å². The molecule has 0 fully saturated rings.